The normalized spacial score (nSPS) is 18.7. The monoisotopic (exact) mass is 342 g/mol. The minimum atomic E-state index is -3.67. The van der Waals surface area contributed by atoms with E-state index in [4.69, 9.17) is 4.55 Å². The molecule has 1 fully saturated rings. The lowest BCUT2D eigenvalue weighted by Crippen LogP contribution is -2.44. The van der Waals surface area contributed by atoms with Crippen LogP contribution in [0.3, 0.4) is 0 Å². The van der Waals surface area contributed by atoms with Gasteiger partial charge in [-0.2, -0.15) is 8.42 Å². The molecular weight excluding hydrogens is 316 g/mol. The lowest BCUT2D eigenvalue weighted by atomic mass is 10.0. The molecule has 0 spiro atoms. The number of nitrogens with zero attached hydrogens (tertiary/aromatic N) is 1. The van der Waals surface area contributed by atoms with Crippen molar-refractivity contribution in [2.45, 2.75) is 39.2 Å². The van der Waals surface area contributed by atoms with Crippen LogP contribution in [0.5, 0.6) is 0 Å². The van der Waals surface area contributed by atoms with Crippen molar-refractivity contribution in [1.82, 2.24) is 4.90 Å². The van der Waals surface area contributed by atoms with Crippen molar-refractivity contribution < 1.29 is 17.8 Å². The van der Waals surface area contributed by atoms with E-state index in [0.717, 1.165) is 36.2 Å². The van der Waals surface area contributed by atoms with Crippen LogP contribution < -0.4 is 5.32 Å². The number of piperidine rings is 1. The van der Waals surface area contributed by atoms with Crippen LogP contribution in [0.15, 0.2) is 18.2 Å². The maximum atomic E-state index is 12.3. The van der Waals surface area contributed by atoms with E-state index in [1.54, 1.807) is 0 Å². The number of carbonyl (C=O) groups excluding carboxylic acids is 1. The van der Waals surface area contributed by atoms with Crippen molar-refractivity contribution in [1.29, 1.82) is 0 Å². The van der Waals surface area contributed by atoms with Gasteiger partial charge in [0, 0.05) is 5.69 Å². The molecule has 130 valence electrons. The van der Waals surface area contributed by atoms with Crippen LogP contribution in [0.25, 0.3) is 0 Å². The summed E-state index contributed by atoms with van der Waals surface area (Å²) < 4.78 is 25.9. The number of hydrogen-bond donors (Lipinski definition) is 2. The highest BCUT2D eigenvalue weighted by molar-refractivity contribution is 7.85. The minimum absolute atomic E-state index is 0.0257. The number of likely N-dealkylation sites (N-methyl/N-ethyl adjacent to an activating group) is 1. The number of hydrogen-bond acceptors (Lipinski definition) is 4. The Kier molecular flexibility index (Phi) is 7.18. The first-order chi connectivity index (χ1) is 10.6. The molecule has 1 heterocycles. The Hall–Kier alpha value is -1.44. The highest BCUT2D eigenvalue weighted by atomic mass is 32.2. The van der Waals surface area contributed by atoms with E-state index < -0.39 is 10.1 Å². The third-order valence-corrected chi connectivity index (χ3v) is 3.80. The van der Waals surface area contributed by atoms with E-state index in [2.05, 4.69) is 10.2 Å². The molecule has 1 aliphatic heterocycles. The van der Waals surface area contributed by atoms with Crippen molar-refractivity contribution in [3.05, 3.63) is 29.3 Å². The maximum Gasteiger partial charge on any atom is 0.261 e. The molecule has 0 aliphatic carbocycles. The largest absolute Gasteiger partial charge is 0.324 e. The summed E-state index contributed by atoms with van der Waals surface area (Å²) in [6.45, 7) is 5.09. The summed E-state index contributed by atoms with van der Waals surface area (Å²) in [5.74, 6) is 0.134. The molecule has 0 aromatic heterocycles. The zero-order valence-electron chi connectivity index (χ0n) is 14.2. The highest BCUT2D eigenvalue weighted by Crippen LogP contribution is 2.22. The van der Waals surface area contributed by atoms with Crippen LogP contribution in [-0.2, 0) is 14.9 Å². The van der Waals surface area contributed by atoms with Crippen LogP contribution in [0.4, 0.5) is 5.69 Å². The molecule has 2 rings (SSSR count). The Bertz CT molecular complexity index is 615. The van der Waals surface area contributed by atoms with Gasteiger partial charge in [0.05, 0.1) is 12.3 Å². The summed E-state index contributed by atoms with van der Waals surface area (Å²) in [6, 6.07) is 6.12. The van der Waals surface area contributed by atoms with Crippen LogP contribution in [-0.4, -0.2) is 49.7 Å². The summed E-state index contributed by atoms with van der Waals surface area (Å²) in [6.07, 6.45) is 4.03. The summed E-state index contributed by atoms with van der Waals surface area (Å²) in [5.41, 5.74) is 3.23. The lowest BCUT2D eigenvalue weighted by molar-refractivity contribution is -0.121. The molecule has 1 amide bonds. The second-order valence-corrected chi connectivity index (χ2v) is 7.45. The first-order valence-electron chi connectivity index (χ1n) is 7.59. The molecule has 7 heteroatoms. The Balaban J connectivity index is 0.000000463. The third-order valence-electron chi connectivity index (χ3n) is 3.80. The summed E-state index contributed by atoms with van der Waals surface area (Å²) in [5, 5.41) is 3.10. The van der Waals surface area contributed by atoms with Gasteiger partial charge in [0.25, 0.3) is 10.1 Å². The van der Waals surface area contributed by atoms with E-state index in [0.29, 0.717) is 6.26 Å². The quantitative estimate of drug-likeness (QED) is 0.805. The number of aryl methyl sites for hydroxylation is 2. The molecule has 0 saturated carbocycles. The molecule has 1 atom stereocenters. The zero-order valence-corrected chi connectivity index (χ0v) is 15.0. The summed E-state index contributed by atoms with van der Waals surface area (Å²) in [7, 11) is -1.63. The van der Waals surface area contributed by atoms with E-state index in [1.165, 1.54) is 6.42 Å². The Morgan fingerprint density at radius 1 is 1.26 bits per heavy atom. The topological polar surface area (TPSA) is 86.7 Å². The summed E-state index contributed by atoms with van der Waals surface area (Å²) >= 11 is 0. The molecule has 1 aromatic carbocycles. The van der Waals surface area contributed by atoms with Crippen molar-refractivity contribution in [3.63, 3.8) is 0 Å². The van der Waals surface area contributed by atoms with Crippen molar-refractivity contribution in [2.75, 3.05) is 25.2 Å². The van der Waals surface area contributed by atoms with Gasteiger partial charge in [0.1, 0.15) is 0 Å². The smallest absolute Gasteiger partial charge is 0.261 e. The van der Waals surface area contributed by atoms with Gasteiger partial charge in [-0.15, -0.1) is 0 Å². The number of para-hydroxylation sites is 1. The van der Waals surface area contributed by atoms with Gasteiger partial charge in [0.15, 0.2) is 0 Å². The van der Waals surface area contributed by atoms with Gasteiger partial charge < -0.3 is 5.32 Å². The average molecular weight is 342 g/mol. The number of anilines is 1. The fraction of sp³-hybridized carbons (Fsp3) is 0.562. The number of carbonyl (C=O) groups is 1. The molecule has 1 aromatic rings. The predicted molar refractivity (Wildman–Crippen MR) is 92.3 cm³/mol. The zero-order chi connectivity index (χ0) is 17.6. The van der Waals surface area contributed by atoms with Crippen molar-refractivity contribution >= 4 is 21.7 Å². The number of nitrogens with one attached hydrogen (secondary N) is 1. The fourth-order valence-corrected chi connectivity index (χ4v) is 2.62. The van der Waals surface area contributed by atoms with Crippen LogP contribution in [0.2, 0.25) is 0 Å². The standard InChI is InChI=1S/C15H22N2O.CH4O3S/c1-11-7-6-8-12(2)14(11)16-15(18)13-9-4-5-10-17(13)3;1-5(2,3)4/h6-8,13H,4-5,9-10H2,1-3H3,(H,16,18);1H3,(H,2,3,4)/t13-;/m1./s1. The van der Waals surface area contributed by atoms with Gasteiger partial charge in [0.2, 0.25) is 5.91 Å². The molecular formula is C16H26N2O4S. The van der Waals surface area contributed by atoms with E-state index in [-0.39, 0.29) is 11.9 Å². The molecule has 1 saturated heterocycles. The SMILES string of the molecule is CS(=O)(=O)O.Cc1cccc(C)c1NC(=O)[C@H]1CCCCN1C. The van der Waals surface area contributed by atoms with Gasteiger partial charge in [-0.05, 0) is 51.4 Å². The van der Waals surface area contributed by atoms with E-state index in [9.17, 15) is 13.2 Å². The van der Waals surface area contributed by atoms with Gasteiger partial charge >= 0.3 is 0 Å². The average Bonchev–Trinajstić information content (AvgIpc) is 2.41. The lowest BCUT2D eigenvalue weighted by Gasteiger charge is -2.31. The molecule has 0 bridgehead atoms. The Labute approximate surface area is 138 Å². The number of rotatable bonds is 2. The molecule has 0 unspecified atom stereocenters. The maximum absolute atomic E-state index is 12.3. The van der Waals surface area contributed by atoms with Gasteiger partial charge in [-0.25, -0.2) is 0 Å². The first-order valence-corrected chi connectivity index (χ1v) is 9.44. The second kappa shape index (κ2) is 8.42. The number of amides is 1. The first kappa shape index (κ1) is 19.6. The molecule has 23 heavy (non-hydrogen) atoms. The van der Waals surface area contributed by atoms with Crippen LogP contribution in [0, 0.1) is 13.8 Å². The Morgan fingerprint density at radius 2 is 1.78 bits per heavy atom. The molecule has 1 aliphatic rings. The third kappa shape index (κ3) is 7.11. The molecule has 2 N–H and O–H groups in total. The fourth-order valence-electron chi connectivity index (χ4n) is 2.62. The van der Waals surface area contributed by atoms with E-state index in [1.807, 2.05) is 39.1 Å². The minimum Gasteiger partial charge on any atom is -0.324 e. The van der Waals surface area contributed by atoms with Crippen molar-refractivity contribution in [3.8, 4) is 0 Å². The molecule has 6 nitrogen and oxygen atoms in total. The Morgan fingerprint density at radius 3 is 2.26 bits per heavy atom. The predicted octanol–water partition coefficient (Wildman–Crippen LogP) is 2.23. The van der Waals surface area contributed by atoms with Crippen molar-refractivity contribution in [2.24, 2.45) is 0 Å². The second-order valence-electron chi connectivity index (χ2n) is 5.98. The van der Waals surface area contributed by atoms with Crippen LogP contribution >= 0.6 is 0 Å². The van der Waals surface area contributed by atoms with Crippen LogP contribution in [0.1, 0.15) is 30.4 Å². The van der Waals surface area contributed by atoms with Gasteiger partial charge in [-0.1, -0.05) is 24.6 Å². The van der Waals surface area contributed by atoms with Gasteiger partial charge in [-0.3, -0.25) is 14.2 Å². The number of likely N-dealkylation sites (tertiary alicyclic amines) is 1. The highest BCUT2D eigenvalue weighted by Gasteiger charge is 2.26. The summed E-state index contributed by atoms with van der Waals surface area (Å²) in [4.78, 5) is 14.5. The van der Waals surface area contributed by atoms with E-state index >= 15 is 0 Å². The molecule has 0 radical (unpaired) electrons. The number of benzene rings is 1.